The molecule has 0 aliphatic heterocycles. The highest BCUT2D eigenvalue weighted by Gasteiger charge is 2.20. The molecule has 0 saturated heterocycles. The van der Waals surface area contributed by atoms with Crippen LogP contribution >= 0.6 is 0 Å². The van der Waals surface area contributed by atoms with Crippen LogP contribution in [0, 0.1) is 0 Å². The number of carbonyl (C=O) groups is 1. The Morgan fingerprint density at radius 1 is 1.24 bits per heavy atom. The third-order valence-corrected chi connectivity index (χ3v) is 2.49. The summed E-state index contributed by atoms with van der Waals surface area (Å²) < 4.78 is 0. The van der Waals surface area contributed by atoms with Gasteiger partial charge in [0.1, 0.15) is 11.3 Å². The SMILES string of the molecule is O=C(O)/C(C=NC1CC1)=C(/O)c1ccccc1. The minimum absolute atomic E-state index is 0.164. The number of hydrogen-bond acceptors (Lipinski definition) is 3. The van der Waals surface area contributed by atoms with Crippen molar-refractivity contribution >= 4 is 17.9 Å². The predicted molar refractivity (Wildman–Crippen MR) is 65.1 cm³/mol. The van der Waals surface area contributed by atoms with E-state index >= 15 is 0 Å². The van der Waals surface area contributed by atoms with Crippen LogP contribution in [0.25, 0.3) is 5.76 Å². The first-order valence-electron chi connectivity index (χ1n) is 5.43. The second kappa shape index (κ2) is 4.82. The summed E-state index contributed by atoms with van der Waals surface area (Å²) in [7, 11) is 0. The van der Waals surface area contributed by atoms with E-state index in [2.05, 4.69) is 4.99 Å². The van der Waals surface area contributed by atoms with E-state index in [-0.39, 0.29) is 17.4 Å². The Morgan fingerprint density at radius 2 is 1.88 bits per heavy atom. The summed E-state index contributed by atoms with van der Waals surface area (Å²) >= 11 is 0. The molecule has 2 rings (SSSR count). The molecule has 4 heteroatoms. The fourth-order valence-electron chi connectivity index (χ4n) is 1.37. The van der Waals surface area contributed by atoms with Crippen LogP contribution in [-0.4, -0.2) is 28.4 Å². The maximum absolute atomic E-state index is 11.0. The summed E-state index contributed by atoms with van der Waals surface area (Å²) in [6.45, 7) is 0. The van der Waals surface area contributed by atoms with Crippen LogP contribution in [0.5, 0.6) is 0 Å². The molecule has 0 spiro atoms. The first kappa shape index (κ1) is 11.4. The molecule has 88 valence electrons. The Morgan fingerprint density at radius 3 is 2.41 bits per heavy atom. The summed E-state index contributed by atoms with van der Waals surface area (Å²) in [4.78, 5) is 15.1. The van der Waals surface area contributed by atoms with Gasteiger partial charge in [0, 0.05) is 11.8 Å². The molecular formula is C13H13NO3. The third kappa shape index (κ3) is 2.93. The fraction of sp³-hybridized carbons (Fsp3) is 0.231. The lowest BCUT2D eigenvalue weighted by atomic mass is 10.1. The van der Waals surface area contributed by atoms with Gasteiger partial charge in [0.25, 0.3) is 0 Å². The largest absolute Gasteiger partial charge is 0.506 e. The number of nitrogens with zero attached hydrogens (tertiary/aromatic N) is 1. The summed E-state index contributed by atoms with van der Waals surface area (Å²) in [5.74, 6) is -1.42. The van der Waals surface area contributed by atoms with Gasteiger partial charge in [-0.05, 0) is 12.8 Å². The standard InChI is InChI=1S/C13H13NO3/c15-12(9-4-2-1-3-5-9)11(13(16)17)8-14-10-6-7-10/h1-5,8,10,15H,6-7H2,(H,16,17)/b12-11+,14-8?. The molecule has 1 aliphatic rings. The molecule has 1 aromatic carbocycles. The molecule has 0 aromatic heterocycles. The fourth-order valence-corrected chi connectivity index (χ4v) is 1.37. The molecule has 17 heavy (non-hydrogen) atoms. The minimum Gasteiger partial charge on any atom is -0.506 e. The minimum atomic E-state index is -1.17. The third-order valence-electron chi connectivity index (χ3n) is 2.49. The molecule has 4 nitrogen and oxygen atoms in total. The van der Waals surface area contributed by atoms with Crippen LogP contribution in [-0.2, 0) is 4.79 Å². The zero-order valence-electron chi connectivity index (χ0n) is 9.21. The van der Waals surface area contributed by atoms with Crippen molar-refractivity contribution in [1.82, 2.24) is 0 Å². The molecular weight excluding hydrogens is 218 g/mol. The molecule has 0 bridgehead atoms. The number of carboxylic acid groups (broad SMARTS) is 1. The number of aliphatic hydroxyl groups excluding tert-OH is 1. The Balaban J connectivity index is 2.32. The van der Waals surface area contributed by atoms with Crippen molar-refractivity contribution in [3.63, 3.8) is 0 Å². The van der Waals surface area contributed by atoms with Crippen LogP contribution in [0.15, 0.2) is 40.9 Å². The summed E-state index contributed by atoms with van der Waals surface area (Å²) in [5, 5.41) is 18.9. The first-order chi connectivity index (χ1) is 8.18. The lowest BCUT2D eigenvalue weighted by Gasteiger charge is -2.02. The molecule has 1 aromatic rings. The Labute approximate surface area is 98.9 Å². The van der Waals surface area contributed by atoms with Crippen molar-refractivity contribution in [2.75, 3.05) is 0 Å². The number of aliphatic hydroxyl groups is 1. The molecule has 0 amide bonds. The van der Waals surface area contributed by atoms with Crippen molar-refractivity contribution in [2.24, 2.45) is 4.99 Å². The average molecular weight is 231 g/mol. The normalized spacial score (nSPS) is 16.9. The zero-order chi connectivity index (χ0) is 12.3. The molecule has 0 radical (unpaired) electrons. The highest BCUT2D eigenvalue weighted by atomic mass is 16.4. The molecule has 0 unspecified atom stereocenters. The Bertz CT molecular complexity index is 473. The van der Waals surface area contributed by atoms with Gasteiger partial charge >= 0.3 is 5.97 Å². The van der Waals surface area contributed by atoms with Crippen LogP contribution in [0.3, 0.4) is 0 Å². The van der Waals surface area contributed by atoms with E-state index in [1.165, 1.54) is 6.21 Å². The van der Waals surface area contributed by atoms with Gasteiger partial charge in [-0.1, -0.05) is 30.3 Å². The number of aliphatic carboxylic acids is 1. The predicted octanol–water partition coefficient (Wildman–Crippen LogP) is 2.27. The van der Waals surface area contributed by atoms with E-state index in [9.17, 15) is 9.90 Å². The first-order valence-corrected chi connectivity index (χ1v) is 5.43. The van der Waals surface area contributed by atoms with E-state index < -0.39 is 5.97 Å². The average Bonchev–Trinajstić information content (AvgIpc) is 3.14. The van der Waals surface area contributed by atoms with Crippen LogP contribution < -0.4 is 0 Å². The summed E-state index contributed by atoms with van der Waals surface area (Å²) in [5.41, 5.74) is 0.315. The van der Waals surface area contributed by atoms with Crippen molar-refractivity contribution < 1.29 is 15.0 Å². The number of hydrogen-bond donors (Lipinski definition) is 2. The van der Waals surface area contributed by atoms with E-state index in [0.29, 0.717) is 5.56 Å². The van der Waals surface area contributed by atoms with Crippen molar-refractivity contribution in [1.29, 1.82) is 0 Å². The molecule has 1 fully saturated rings. The maximum Gasteiger partial charge on any atom is 0.341 e. The van der Waals surface area contributed by atoms with E-state index in [4.69, 9.17) is 5.11 Å². The monoisotopic (exact) mass is 231 g/mol. The smallest absolute Gasteiger partial charge is 0.341 e. The quantitative estimate of drug-likeness (QED) is 0.474. The molecule has 0 atom stereocenters. The van der Waals surface area contributed by atoms with E-state index in [0.717, 1.165) is 12.8 Å². The van der Waals surface area contributed by atoms with Gasteiger partial charge in [-0.25, -0.2) is 4.79 Å². The van der Waals surface area contributed by atoms with Gasteiger partial charge in [-0.3, -0.25) is 4.99 Å². The van der Waals surface area contributed by atoms with Gasteiger partial charge in [0.2, 0.25) is 0 Å². The molecule has 2 N–H and O–H groups in total. The van der Waals surface area contributed by atoms with Crippen molar-refractivity contribution in [3.05, 3.63) is 41.5 Å². The highest BCUT2D eigenvalue weighted by Crippen LogP contribution is 2.24. The van der Waals surface area contributed by atoms with Gasteiger partial charge in [0.15, 0.2) is 0 Å². The second-order valence-corrected chi connectivity index (χ2v) is 3.94. The van der Waals surface area contributed by atoms with Gasteiger partial charge in [-0.15, -0.1) is 0 Å². The lowest BCUT2D eigenvalue weighted by Crippen LogP contribution is -2.06. The number of rotatable bonds is 4. The second-order valence-electron chi connectivity index (χ2n) is 3.94. The lowest BCUT2D eigenvalue weighted by molar-refractivity contribution is -0.132. The summed E-state index contributed by atoms with van der Waals surface area (Å²) in [6, 6.07) is 8.82. The highest BCUT2D eigenvalue weighted by molar-refractivity contribution is 6.14. The van der Waals surface area contributed by atoms with Crippen molar-refractivity contribution in [2.45, 2.75) is 18.9 Å². The Hall–Kier alpha value is -2.10. The van der Waals surface area contributed by atoms with Gasteiger partial charge in [-0.2, -0.15) is 0 Å². The maximum atomic E-state index is 11.0. The Kier molecular flexibility index (Phi) is 3.23. The summed E-state index contributed by atoms with van der Waals surface area (Å²) in [6.07, 6.45) is 3.24. The molecule has 1 saturated carbocycles. The van der Waals surface area contributed by atoms with Gasteiger partial charge in [0.05, 0.1) is 6.04 Å². The van der Waals surface area contributed by atoms with Crippen LogP contribution in [0.1, 0.15) is 18.4 Å². The van der Waals surface area contributed by atoms with Crippen LogP contribution in [0.4, 0.5) is 0 Å². The zero-order valence-corrected chi connectivity index (χ0v) is 9.21. The van der Waals surface area contributed by atoms with E-state index in [1.807, 2.05) is 0 Å². The van der Waals surface area contributed by atoms with Crippen LogP contribution in [0.2, 0.25) is 0 Å². The van der Waals surface area contributed by atoms with Gasteiger partial charge < -0.3 is 10.2 Å². The number of carboxylic acids is 1. The van der Waals surface area contributed by atoms with Crippen molar-refractivity contribution in [3.8, 4) is 0 Å². The van der Waals surface area contributed by atoms with E-state index in [1.54, 1.807) is 30.3 Å². The molecule has 1 aliphatic carbocycles. The topological polar surface area (TPSA) is 69.9 Å². The number of benzene rings is 1. The molecule has 0 heterocycles. The number of aliphatic imine (C=N–C) groups is 1.